The highest BCUT2D eigenvalue weighted by atomic mass is 32.2. The topological polar surface area (TPSA) is 120 Å². The van der Waals surface area contributed by atoms with Crippen LogP contribution in [0.5, 0.6) is 0 Å². The number of benzene rings is 2. The second-order valence-corrected chi connectivity index (χ2v) is 9.46. The first-order valence-corrected chi connectivity index (χ1v) is 11.6. The molecule has 1 amide bonds. The quantitative estimate of drug-likeness (QED) is 0.480. The van der Waals surface area contributed by atoms with Crippen LogP contribution in [0.1, 0.15) is 15.9 Å². The molecule has 2 aromatic heterocycles. The summed E-state index contributed by atoms with van der Waals surface area (Å²) < 4.78 is 25.2. The molecule has 0 aliphatic heterocycles. The minimum Gasteiger partial charge on any atom is -0.333 e. The van der Waals surface area contributed by atoms with Crippen LogP contribution in [-0.2, 0) is 17.1 Å². The summed E-state index contributed by atoms with van der Waals surface area (Å²) >= 11 is 1.30. The Hall–Kier alpha value is -3.34. The minimum atomic E-state index is -3.93. The maximum Gasteiger partial charge on any atom is 0.257 e. The minimum absolute atomic E-state index is 0.124. The molecule has 2 aromatic carbocycles. The van der Waals surface area contributed by atoms with E-state index >= 15 is 0 Å². The Kier molecular flexibility index (Phi) is 5.44. The standard InChI is InChI=1S/C21H19N5O3S2/c1-13-8-9-15(31(22,28)29)12-16(13)20(27)25-21-24-17(14-6-4-3-5-7-14)18(30-21)19-23-10-11-26(19)2/h3-12H,1-2H3,(H2,22,28,29)(H,24,25,27). The summed E-state index contributed by atoms with van der Waals surface area (Å²) in [6, 6.07) is 13.8. The van der Waals surface area contributed by atoms with E-state index in [1.54, 1.807) is 19.2 Å². The SMILES string of the molecule is Cc1ccc(S(N)(=O)=O)cc1C(=O)Nc1nc(-c2ccccc2)c(-c2nccn2C)s1. The third kappa shape index (κ3) is 4.26. The Bertz CT molecular complexity index is 1380. The number of carbonyl (C=O) groups is 1. The van der Waals surface area contributed by atoms with Crippen molar-refractivity contribution in [2.45, 2.75) is 11.8 Å². The first-order chi connectivity index (χ1) is 14.7. The molecule has 31 heavy (non-hydrogen) atoms. The third-order valence-corrected chi connectivity index (χ3v) is 6.58. The summed E-state index contributed by atoms with van der Waals surface area (Å²) in [6.45, 7) is 1.72. The number of thiazole rings is 1. The third-order valence-electron chi connectivity index (χ3n) is 4.70. The number of amides is 1. The van der Waals surface area contributed by atoms with Gasteiger partial charge in [0.2, 0.25) is 10.0 Å². The molecule has 0 bridgehead atoms. The number of anilines is 1. The molecule has 158 valence electrons. The van der Waals surface area contributed by atoms with E-state index in [1.165, 1.54) is 23.5 Å². The van der Waals surface area contributed by atoms with Crippen LogP contribution in [0.25, 0.3) is 22.0 Å². The number of carbonyl (C=O) groups excluding carboxylic acids is 1. The zero-order chi connectivity index (χ0) is 22.2. The summed E-state index contributed by atoms with van der Waals surface area (Å²) in [4.78, 5) is 22.7. The van der Waals surface area contributed by atoms with Gasteiger partial charge >= 0.3 is 0 Å². The van der Waals surface area contributed by atoms with Gasteiger partial charge in [0, 0.05) is 30.6 Å². The van der Waals surface area contributed by atoms with Gasteiger partial charge in [0.15, 0.2) is 11.0 Å². The lowest BCUT2D eigenvalue weighted by Gasteiger charge is -2.07. The summed E-state index contributed by atoms with van der Waals surface area (Å²) in [5.74, 6) is 0.256. The Morgan fingerprint density at radius 2 is 1.90 bits per heavy atom. The van der Waals surface area contributed by atoms with Gasteiger partial charge in [-0.15, -0.1) is 0 Å². The van der Waals surface area contributed by atoms with Crippen LogP contribution in [0.15, 0.2) is 65.8 Å². The van der Waals surface area contributed by atoms with Gasteiger partial charge in [0.1, 0.15) is 0 Å². The number of imidazole rings is 1. The fraction of sp³-hybridized carbons (Fsp3) is 0.0952. The molecule has 0 unspecified atom stereocenters. The molecular weight excluding hydrogens is 434 g/mol. The van der Waals surface area contributed by atoms with Gasteiger partial charge < -0.3 is 4.57 Å². The number of aryl methyl sites for hydroxylation is 2. The number of hydrogen-bond acceptors (Lipinski definition) is 6. The average molecular weight is 454 g/mol. The molecule has 0 aliphatic rings. The molecule has 0 saturated carbocycles. The van der Waals surface area contributed by atoms with E-state index in [2.05, 4.69) is 15.3 Å². The predicted molar refractivity (Wildman–Crippen MR) is 120 cm³/mol. The van der Waals surface area contributed by atoms with Crippen molar-refractivity contribution in [2.24, 2.45) is 12.2 Å². The van der Waals surface area contributed by atoms with Gasteiger partial charge in [-0.3, -0.25) is 10.1 Å². The first-order valence-electron chi connectivity index (χ1n) is 9.23. The first kappa shape index (κ1) is 20.9. The largest absolute Gasteiger partial charge is 0.333 e. The van der Waals surface area contributed by atoms with E-state index in [0.717, 1.165) is 16.3 Å². The van der Waals surface area contributed by atoms with E-state index < -0.39 is 15.9 Å². The molecule has 2 heterocycles. The van der Waals surface area contributed by atoms with Crippen LogP contribution < -0.4 is 10.5 Å². The van der Waals surface area contributed by atoms with E-state index in [0.29, 0.717) is 16.4 Å². The van der Waals surface area contributed by atoms with Gasteiger partial charge in [-0.1, -0.05) is 47.7 Å². The van der Waals surface area contributed by atoms with Crippen molar-refractivity contribution in [2.75, 3.05) is 5.32 Å². The average Bonchev–Trinajstić information content (AvgIpc) is 3.33. The molecule has 4 rings (SSSR count). The van der Waals surface area contributed by atoms with Crippen LogP contribution in [-0.4, -0.2) is 28.9 Å². The van der Waals surface area contributed by atoms with Gasteiger partial charge in [0.25, 0.3) is 5.91 Å². The fourth-order valence-corrected chi connectivity index (χ4v) is 4.65. The normalized spacial score (nSPS) is 11.5. The summed E-state index contributed by atoms with van der Waals surface area (Å²) in [6.07, 6.45) is 3.54. The lowest BCUT2D eigenvalue weighted by molar-refractivity contribution is 0.102. The Morgan fingerprint density at radius 3 is 2.55 bits per heavy atom. The number of rotatable bonds is 5. The smallest absolute Gasteiger partial charge is 0.257 e. The zero-order valence-corrected chi connectivity index (χ0v) is 18.4. The van der Waals surface area contributed by atoms with Crippen LogP contribution in [0.3, 0.4) is 0 Å². The maximum absolute atomic E-state index is 12.9. The summed E-state index contributed by atoms with van der Waals surface area (Å²) in [7, 11) is -2.04. The highest BCUT2D eigenvalue weighted by molar-refractivity contribution is 7.89. The number of nitrogens with one attached hydrogen (secondary N) is 1. The van der Waals surface area contributed by atoms with Crippen molar-refractivity contribution < 1.29 is 13.2 Å². The van der Waals surface area contributed by atoms with Crippen molar-refractivity contribution >= 4 is 32.4 Å². The highest BCUT2D eigenvalue weighted by Gasteiger charge is 2.21. The molecule has 8 nitrogen and oxygen atoms in total. The molecule has 4 aromatic rings. The van der Waals surface area contributed by atoms with E-state index in [1.807, 2.05) is 48.1 Å². The number of hydrogen-bond donors (Lipinski definition) is 2. The van der Waals surface area contributed by atoms with Crippen molar-refractivity contribution in [3.8, 4) is 22.0 Å². The van der Waals surface area contributed by atoms with E-state index in [9.17, 15) is 13.2 Å². The zero-order valence-electron chi connectivity index (χ0n) is 16.7. The van der Waals surface area contributed by atoms with Crippen LogP contribution >= 0.6 is 11.3 Å². The fourth-order valence-electron chi connectivity index (χ4n) is 3.09. The molecule has 0 radical (unpaired) electrons. The lowest BCUT2D eigenvalue weighted by Crippen LogP contribution is -2.17. The number of nitrogens with two attached hydrogens (primary N) is 1. The summed E-state index contributed by atoms with van der Waals surface area (Å²) in [5.41, 5.74) is 2.42. The summed E-state index contributed by atoms with van der Waals surface area (Å²) in [5, 5.41) is 8.37. The van der Waals surface area contributed by atoms with Crippen molar-refractivity contribution in [1.82, 2.24) is 14.5 Å². The van der Waals surface area contributed by atoms with Crippen molar-refractivity contribution in [3.63, 3.8) is 0 Å². The molecule has 0 atom stereocenters. The molecule has 3 N–H and O–H groups in total. The van der Waals surface area contributed by atoms with Crippen molar-refractivity contribution in [3.05, 3.63) is 72.1 Å². The Morgan fingerprint density at radius 1 is 1.16 bits per heavy atom. The van der Waals surface area contributed by atoms with E-state index in [-0.39, 0.29) is 10.5 Å². The van der Waals surface area contributed by atoms with Crippen LogP contribution in [0.4, 0.5) is 5.13 Å². The number of aromatic nitrogens is 3. The Labute approximate surface area is 183 Å². The predicted octanol–water partition coefficient (Wildman–Crippen LogP) is 3.42. The van der Waals surface area contributed by atoms with Crippen LogP contribution in [0, 0.1) is 6.92 Å². The lowest BCUT2D eigenvalue weighted by atomic mass is 10.1. The van der Waals surface area contributed by atoms with Gasteiger partial charge in [-0.05, 0) is 24.6 Å². The number of sulfonamides is 1. The van der Waals surface area contributed by atoms with Crippen molar-refractivity contribution in [1.29, 1.82) is 0 Å². The second kappa shape index (κ2) is 8.06. The number of nitrogens with zero attached hydrogens (tertiary/aromatic N) is 3. The van der Waals surface area contributed by atoms with Gasteiger partial charge in [-0.25, -0.2) is 23.5 Å². The molecular formula is C21H19N5O3S2. The molecule has 0 fully saturated rings. The van der Waals surface area contributed by atoms with Crippen LogP contribution in [0.2, 0.25) is 0 Å². The second-order valence-electron chi connectivity index (χ2n) is 6.90. The number of primary sulfonamides is 1. The monoisotopic (exact) mass is 453 g/mol. The highest BCUT2D eigenvalue weighted by Crippen LogP contribution is 2.38. The maximum atomic E-state index is 12.9. The van der Waals surface area contributed by atoms with E-state index in [4.69, 9.17) is 5.14 Å². The molecule has 10 heteroatoms. The molecule has 0 aliphatic carbocycles. The Balaban J connectivity index is 1.74. The molecule has 0 spiro atoms. The van der Waals surface area contributed by atoms with Gasteiger partial charge in [0.05, 0.1) is 15.5 Å². The van der Waals surface area contributed by atoms with Gasteiger partial charge in [-0.2, -0.15) is 0 Å². The molecule has 0 saturated heterocycles.